The molecule has 1 aliphatic heterocycles. The van der Waals surface area contributed by atoms with Gasteiger partial charge in [0.2, 0.25) is 0 Å². The first kappa shape index (κ1) is 16.0. The molecule has 2 aromatic rings. The molecule has 1 atom stereocenters. The van der Waals surface area contributed by atoms with Crippen molar-refractivity contribution >= 4 is 39.1 Å². The standard InChI is InChI=1S/C16H23N3OS2/c1-3-5-7-21-16-18-14(17)13-11-8-10(6-4-2)20-9-12(11)22-15(13)19-16/h10H,3-9H2,1-2H3,(H2,17,18,19)/t10-/m0/s1. The first-order valence-corrected chi connectivity index (χ1v) is 9.85. The molecule has 3 heterocycles. The second-order valence-corrected chi connectivity index (χ2v) is 7.85. The van der Waals surface area contributed by atoms with E-state index in [0.29, 0.717) is 18.5 Å². The van der Waals surface area contributed by atoms with E-state index in [1.165, 1.54) is 23.3 Å². The van der Waals surface area contributed by atoms with Crippen molar-refractivity contribution in [2.75, 3.05) is 11.5 Å². The molecule has 120 valence electrons. The Balaban J connectivity index is 1.90. The number of nitrogen functional groups attached to an aromatic ring is 1. The fourth-order valence-electron chi connectivity index (χ4n) is 2.80. The van der Waals surface area contributed by atoms with Crippen LogP contribution in [-0.4, -0.2) is 21.8 Å². The molecule has 22 heavy (non-hydrogen) atoms. The molecular weight excluding hydrogens is 314 g/mol. The van der Waals surface area contributed by atoms with Crippen LogP contribution >= 0.6 is 23.1 Å². The molecular formula is C16H23N3OS2. The van der Waals surface area contributed by atoms with E-state index >= 15 is 0 Å². The van der Waals surface area contributed by atoms with E-state index in [4.69, 9.17) is 15.5 Å². The van der Waals surface area contributed by atoms with Gasteiger partial charge >= 0.3 is 0 Å². The topological polar surface area (TPSA) is 61.0 Å². The predicted molar refractivity (Wildman–Crippen MR) is 94.6 cm³/mol. The first-order valence-electron chi connectivity index (χ1n) is 8.05. The van der Waals surface area contributed by atoms with Crippen LogP contribution in [0.2, 0.25) is 0 Å². The third-order valence-corrected chi connectivity index (χ3v) is 6.00. The van der Waals surface area contributed by atoms with E-state index in [9.17, 15) is 0 Å². The van der Waals surface area contributed by atoms with Gasteiger partial charge in [-0.05, 0) is 18.4 Å². The number of nitrogens with zero attached hydrogens (tertiary/aromatic N) is 2. The van der Waals surface area contributed by atoms with Crippen LogP contribution in [0.3, 0.4) is 0 Å². The lowest BCUT2D eigenvalue weighted by atomic mass is 10.0. The Morgan fingerprint density at radius 2 is 2.18 bits per heavy atom. The maximum atomic E-state index is 6.25. The number of thiophene rings is 1. The second-order valence-electron chi connectivity index (χ2n) is 5.70. The number of anilines is 1. The lowest BCUT2D eigenvalue weighted by Crippen LogP contribution is -2.21. The Morgan fingerprint density at radius 3 is 2.95 bits per heavy atom. The fourth-order valence-corrected chi connectivity index (χ4v) is 4.93. The molecule has 0 saturated carbocycles. The van der Waals surface area contributed by atoms with Crippen LogP contribution in [0.15, 0.2) is 5.16 Å². The molecule has 0 unspecified atom stereocenters. The summed E-state index contributed by atoms with van der Waals surface area (Å²) in [5, 5.41) is 1.88. The number of rotatable bonds is 6. The Hall–Kier alpha value is -0.850. The number of unbranched alkanes of at least 4 members (excludes halogenated alkanes) is 1. The van der Waals surface area contributed by atoms with Gasteiger partial charge in [0.15, 0.2) is 5.16 Å². The van der Waals surface area contributed by atoms with Crippen molar-refractivity contribution in [3.8, 4) is 0 Å². The third kappa shape index (κ3) is 3.24. The molecule has 3 rings (SSSR count). The van der Waals surface area contributed by atoms with Crippen molar-refractivity contribution < 1.29 is 4.74 Å². The Morgan fingerprint density at radius 1 is 1.32 bits per heavy atom. The fraction of sp³-hybridized carbons (Fsp3) is 0.625. The lowest BCUT2D eigenvalue weighted by molar-refractivity contribution is 0.0254. The zero-order valence-corrected chi connectivity index (χ0v) is 14.9. The Bertz CT molecular complexity index is 656. The average Bonchev–Trinajstić information content (AvgIpc) is 2.86. The summed E-state index contributed by atoms with van der Waals surface area (Å²) in [6.07, 6.45) is 5.87. The van der Waals surface area contributed by atoms with Crippen molar-refractivity contribution in [2.24, 2.45) is 0 Å². The van der Waals surface area contributed by atoms with Gasteiger partial charge in [0.1, 0.15) is 10.6 Å². The minimum atomic E-state index is 0.313. The minimum absolute atomic E-state index is 0.313. The van der Waals surface area contributed by atoms with Crippen molar-refractivity contribution in [2.45, 2.75) is 63.8 Å². The van der Waals surface area contributed by atoms with Crippen LogP contribution in [0, 0.1) is 0 Å². The molecule has 2 N–H and O–H groups in total. The highest BCUT2D eigenvalue weighted by Gasteiger charge is 2.25. The van der Waals surface area contributed by atoms with E-state index in [2.05, 4.69) is 18.8 Å². The van der Waals surface area contributed by atoms with Crippen LogP contribution in [0.25, 0.3) is 10.2 Å². The number of ether oxygens (including phenoxy) is 1. The van der Waals surface area contributed by atoms with Crippen molar-refractivity contribution in [1.82, 2.24) is 9.97 Å². The quantitative estimate of drug-likeness (QED) is 0.481. The molecule has 0 radical (unpaired) electrons. The first-order chi connectivity index (χ1) is 10.7. The van der Waals surface area contributed by atoms with Crippen LogP contribution in [-0.2, 0) is 17.8 Å². The summed E-state index contributed by atoms with van der Waals surface area (Å²) in [6.45, 7) is 5.08. The molecule has 0 bridgehead atoms. The largest absolute Gasteiger partial charge is 0.383 e. The molecule has 1 aliphatic rings. The number of fused-ring (bicyclic) bond motifs is 3. The number of aromatic nitrogens is 2. The van der Waals surface area contributed by atoms with Gasteiger partial charge in [0.25, 0.3) is 0 Å². The molecule has 0 fully saturated rings. The summed E-state index contributed by atoms with van der Waals surface area (Å²) in [6, 6.07) is 0. The Kier molecular flexibility index (Phi) is 5.21. The minimum Gasteiger partial charge on any atom is -0.383 e. The monoisotopic (exact) mass is 337 g/mol. The van der Waals surface area contributed by atoms with Gasteiger partial charge in [0, 0.05) is 17.1 Å². The zero-order valence-electron chi connectivity index (χ0n) is 13.2. The third-order valence-electron chi connectivity index (χ3n) is 3.96. The van der Waals surface area contributed by atoms with E-state index in [-0.39, 0.29) is 0 Å². The summed E-state index contributed by atoms with van der Waals surface area (Å²) in [5.74, 6) is 1.69. The molecule has 0 saturated heterocycles. The number of hydrogen-bond acceptors (Lipinski definition) is 6. The van der Waals surface area contributed by atoms with Gasteiger partial charge in [-0.25, -0.2) is 9.97 Å². The van der Waals surface area contributed by atoms with E-state index in [1.54, 1.807) is 23.1 Å². The summed E-state index contributed by atoms with van der Waals surface area (Å²) in [7, 11) is 0. The van der Waals surface area contributed by atoms with Crippen LogP contribution in [0.4, 0.5) is 5.82 Å². The summed E-state index contributed by atoms with van der Waals surface area (Å²) < 4.78 is 5.94. The molecule has 0 spiro atoms. The number of nitrogens with two attached hydrogens (primary N) is 1. The van der Waals surface area contributed by atoms with Gasteiger partial charge in [-0.1, -0.05) is 38.5 Å². The summed E-state index contributed by atoms with van der Waals surface area (Å²) in [4.78, 5) is 11.5. The highest BCUT2D eigenvalue weighted by atomic mass is 32.2. The van der Waals surface area contributed by atoms with E-state index < -0.39 is 0 Å². The summed E-state index contributed by atoms with van der Waals surface area (Å²) in [5.41, 5.74) is 7.58. The van der Waals surface area contributed by atoms with E-state index in [1.807, 2.05) is 0 Å². The van der Waals surface area contributed by atoms with Crippen LogP contribution < -0.4 is 5.73 Å². The van der Waals surface area contributed by atoms with Crippen LogP contribution in [0.5, 0.6) is 0 Å². The average molecular weight is 338 g/mol. The normalized spacial score (nSPS) is 17.8. The second kappa shape index (κ2) is 7.15. The van der Waals surface area contributed by atoms with Crippen molar-refractivity contribution in [3.63, 3.8) is 0 Å². The van der Waals surface area contributed by atoms with Gasteiger partial charge in [-0.3, -0.25) is 0 Å². The van der Waals surface area contributed by atoms with Gasteiger partial charge in [-0.2, -0.15) is 0 Å². The van der Waals surface area contributed by atoms with Crippen molar-refractivity contribution in [1.29, 1.82) is 0 Å². The predicted octanol–water partition coefficient (Wildman–Crippen LogP) is 4.41. The molecule has 0 amide bonds. The Labute approximate surface area is 139 Å². The SMILES string of the molecule is CCCCSc1nc(N)c2c3c(sc2n1)CO[C@@H](CCC)C3. The van der Waals surface area contributed by atoms with Crippen molar-refractivity contribution in [3.05, 3.63) is 10.4 Å². The van der Waals surface area contributed by atoms with Gasteiger partial charge < -0.3 is 10.5 Å². The smallest absolute Gasteiger partial charge is 0.190 e. The summed E-state index contributed by atoms with van der Waals surface area (Å²) >= 11 is 3.42. The highest BCUT2D eigenvalue weighted by molar-refractivity contribution is 7.99. The number of hydrogen-bond donors (Lipinski definition) is 1. The van der Waals surface area contributed by atoms with E-state index in [0.717, 1.165) is 40.4 Å². The molecule has 6 heteroatoms. The van der Waals surface area contributed by atoms with Crippen LogP contribution in [0.1, 0.15) is 50.0 Å². The highest BCUT2D eigenvalue weighted by Crippen LogP contribution is 2.38. The van der Waals surface area contributed by atoms with Gasteiger partial charge in [0.05, 0.1) is 18.1 Å². The maximum absolute atomic E-state index is 6.25. The molecule has 0 aliphatic carbocycles. The zero-order chi connectivity index (χ0) is 15.5. The molecule has 2 aromatic heterocycles. The van der Waals surface area contributed by atoms with Gasteiger partial charge in [-0.15, -0.1) is 11.3 Å². The number of thioether (sulfide) groups is 1. The molecule has 4 nitrogen and oxygen atoms in total. The maximum Gasteiger partial charge on any atom is 0.190 e. The lowest BCUT2D eigenvalue weighted by Gasteiger charge is -2.22. The molecule has 0 aromatic carbocycles.